The number of carbonyl (C=O) groups is 1. The van der Waals surface area contributed by atoms with Gasteiger partial charge in [0.15, 0.2) is 6.10 Å². The van der Waals surface area contributed by atoms with E-state index in [2.05, 4.69) is 4.98 Å². The second kappa shape index (κ2) is 4.85. The molecule has 1 aromatic carbocycles. The Kier molecular flexibility index (Phi) is 3.02. The van der Waals surface area contributed by atoms with Crippen LogP contribution in [-0.4, -0.2) is 22.2 Å². The summed E-state index contributed by atoms with van der Waals surface area (Å²) in [5, 5.41) is 8.95. The van der Waals surface area contributed by atoms with E-state index in [4.69, 9.17) is 14.6 Å². The van der Waals surface area contributed by atoms with Crippen LogP contribution < -0.4 is 9.47 Å². The van der Waals surface area contributed by atoms with Crippen LogP contribution in [0.5, 0.6) is 17.4 Å². The Labute approximate surface area is 115 Å². The number of hydrogen-bond acceptors (Lipinski definition) is 4. The molecule has 1 N–H and O–H groups in total. The van der Waals surface area contributed by atoms with Gasteiger partial charge < -0.3 is 14.6 Å². The highest BCUT2D eigenvalue weighted by Gasteiger charge is 2.29. The van der Waals surface area contributed by atoms with Gasteiger partial charge in [-0.15, -0.1) is 0 Å². The number of fused-ring (bicyclic) bond motifs is 1. The molecule has 0 amide bonds. The highest BCUT2D eigenvalue weighted by Crippen LogP contribution is 2.33. The topological polar surface area (TPSA) is 68.7 Å². The first-order valence-corrected chi connectivity index (χ1v) is 6.26. The second-order valence-corrected chi connectivity index (χ2v) is 4.64. The molecule has 2 heterocycles. The lowest BCUT2D eigenvalue weighted by molar-refractivity contribution is -0.144. The molecule has 3 rings (SSSR count). The maximum Gasteiger partial charge on any atom is 0.345 e. The van der Waals surface area contributed by atoms with E-state index < -0.39 is 12.1 Å². The molecule has 1 aromatic heterocycles. The van der Waals surface area contributed by atoms with Gasteiger partial charge in [-0.1, -0.05) is 12.1 Å². The number of carboxylic acids is 1. The van der Waals surface area contributed by atoms with Crippen molar-refractivity contribution < 1.29 is 19.4 Å². The number of aliphatic carboxylic acids is 1. The molecule has 0 fully saturated rings. The maximum absolute atomic E-state index is 10.9. The third kappa shape index (κ3) is 2.42. The molecule has 20 heavy (non-hydrogen) atoms. The van der Waals surface area contributed by atoms with Gasteiger partial charge in [0.25, 0.3) is 0 Å². The summed E-state index contributed by atoms with van der Waals surface area (Å²) in [6, 6.07) is 10.8. The van der Waals surface area contributed by atoms with Crippen molar-refractivity contribution in [1.29, 1.82) is 0 Å². The first kappa shape index (κ1) is 12.5. The van der Waals surface area contributed by atoms with Crippen molar-refractivity contribution in [2.24, 2.45) is 0 Å². The molecule has 2 aromatic rings. The van der Waals surface area contributed by atoms with Crippen LogP contribution in [0.15, 0.2) is 36.4 Å². The Hall–Kier alpha value is -2.56. The van der Waals surface area contributed by atoms with E-state index in [0.717, 1.165) is 11.3 Å². The number of ether oxygens (including phenoxy) is 2. The van der Waals surface area contributed by atoms with Crippen molar-refractivity contribution in [3.05, 3.63) is 47.7 Å². The number of rotatable bonds is 3. The number of aryl methyl sites for hydroxylation is 1. The molecule has 0 saturated carbocycles. The van der Waals surface area contributed by atoms with Gasteiger partial charge in [-0.05, 0) is 24.6 Å². The van der Waals surface area contributed by atoms with E-state index in [0.29, 0.717) is 23.8 Å². The first-order chi connectivity index (χ1) is 9.61. The molecule has 0 spiro atoms. The van der Waals surface area contributed by atoms with E-state index in [9.17, 15) is 4.79 Å². The normalized spacial score (nSPS) is 16.4. The molecular formula is C15H13NO4. The van der Waals surface area contributed by atoms with Crippen LogP contribution >= 0.6 is 0 Å². The number of nitrogens with zero attached hydrogens (tertiary/aromatic N) is 1. The van der Waals surface area contributed by atoms with Gasteiger partial charge in [0.1, 0.15) is 11.5 Å². The van der Waals surface area contributed by atoms with E-state index >= 15 is 0 Å². The lowest BCUT2D eigenvalue weighted by Crippen LogP contribution is -2.24. The zero-order valence-corrected chi connectivity index (χ0v) is 10.9. The van der Waals surface area contributed by atoms with E-state index in [-0.39, 0.29) is 0 Å². The molecule has 1 aliphatic rings. The summed E-state index contributed by atoms with van der Waals surface area (Å²) in [6.07, 6.45) is -0.425. The van der Waals surface area contributed by atoms with Gasteiger partial charge in [0.2, 0.25) is 5.88 Å². The van der Waals surface area contributed by atoms with E-state index in [1.165, 1.54) is 0 Å². The van der Waals surface area contributed by atoms with Crippen LogP contribution in [0.2, 0.25) is 0 Å². The van der Waals surface area contributed by atoms with Crippen LogP contribution in [-0.2, 0) is 11.2 Å². The van der Waals surface area contributed by atoms with Crippen molar-refractivity contribution in [2.75, 3.05) is 0 Å². The van der Waals surface area contributed by atoms with Crippen molar-refractivity contribution in [3.63, 3.8) is 0 Å². The minimum atomic E-state index is -0.955. The fraction of sp³-hybridized carbons (Fsp3) is 0.200. The Balaban J connectivity index is 1.81. The molecule has 5 heteroatoms. The van der Waals surface area contributed by atoms with Gasteiger partial charge >= 0.3 is 5.97 Å². The largest absolute Gasteiger partial charge is 0.478 e. The monoisotopic (exact) mass is 271 g/mol. The Bertz CT molecular complexity index is 669. The minimum absolute atomic E-state index is 0.383. The third-order valence-corrected chi connectivity index (χ3v) is 3.07. The standard InChI is InChI=1S/C15H13NO4/c1-9-3-2-4-14(16-9)19-11-6-5-10-7-13(15(17)18)20-12(10)8-11/h2-6,8,13H,7H2,1H3,(H,17,18). The summed E-state index contributed by atoms with van der Waals surface area (Å²) in [5.41, 5.74) is 1.74. The van der Waals surface area contributed by atoms with Gasteiger partial charge in [0.05, 0.1) is 0 Å². The van der Waals surface area contributed by atoms with Gasteiger partial charge in [-0.2, -0.15) is 0 Å². The lowest BCUT2D eigenvalue weighted by atomic mass is 10.1. The molecular weight excluding hydrogens is 258 g/mol. The van der Waals surface area contributed by atoms with E-state index in [1.54, 1.807) is 18.2 Å². The summed E-state index contributed by atoms with van der Waals surface area (Å²) >= 11 is 0. The number of benzene rings is 1. The van der Waals surface area contributed by atoms with Crippen molar-refractivity contribution in [2.45, 2.75) is 19.4 Å². The fourth-order valence-corrected chi connectivity index (χ4v) is 2.10. The lowest BCUT2D eigenvalue weighted by Gasteiger charge is -2.07. The van der Waals surface area contributed by atoms with Crippen molar-refractivity contribution >= 4 is 5.97 Å². The van der Waals surface area contributed by atoms with Gasteiger partial charge in [-0.25, -0.2) is 9.78 Å². The third-order valence-electron chi connectivity index (χ3n) is 3.07. The maximum atomic E-state index is 10.9. The Morgan fingerprint density at radius 3 is 3.00 bits per heavy atom. The fourth-order valence-electron chi connectivity index (χ4n) is 2.10. The van der Waals surface area contributed by atoms with Crippen LogP contribution in [0.25, 0.3) is 0 Å². The van der Waals surface area contributed by atoms with Crippen LogP contribution in [0.1, 0.15) is 11.3 Å². The minimum Gasteiger partial charge on any atom is -0.478 e. The van der Waals surface area contributed by atoms with E-state index in [1.807, 2.05) is 25.1 Å². The highest BCUT2D eigenvalue weighted by molar-refractivity contribution is 5.74. The van der Waals surface area contributed by atoms with Crippen LogP contribution in [0, 0.1) is 6.92 Å². The highest BCUT2D eigenvalue weighted by atomic mass is 16.5. The zero-order chi connectivity index (χ0) is 14.1. The summed E-state index contributed by atoms with van der Waals surface area (Å²) < 4.78 is 11.0. The van der Waals surface area contributed by atoms with Crippen LogP contribution in [0.3, 0.4) is 0 Å². The van der Waals surface area contributed by atoms with Crippen molar-refractivity contribution in [3.8, 4) is 17.4 Å². The molecule has 0 aliphatic carbocycles. The molecule has 0 saturated heterocycles. The van der Waals surface area contributed by atoms with Gasteiger partial charge in [0, 0.05) is 24.2 Å². The quantitative estimate of drug-likeness (QED) is 0.929. The second-order valence-electron chi connectivity index (χ2n) is 4.64. The predicted octanol–water partition coefficient (Wildman–Crippen LogP) is 2.57. The Morgan fingerprint density at radius 1 is 1.40 bits per heavy atom. The summed E-state index contributed by atoms with van der Waals surface area (Å²) in [7, 11) is 0. The van der Waals surface area contributed by atoms with Crippen molar-refractivity contribution in [1.82, 2.24) is 4.98 Å². The summed E-state index contributed by atoms with van der Waals surface area (Å²) in [4.78, 5) is 15.2. The molecule has 102 valence electrons. The molecule has 5 nitrogen and oxygen atoms in total. The first-order valence-electron chi connectivity index (χ1n) is 6.26. The molecule has 0 radical (unpaired) electrons. The zero-order valence-electron chi connectivity index (χ0n) is 10.9. The SMILES string of the molecule is Cc1cccc(Oc2ccc3c(c2)OC(C(=O)O)C3)n1. The number of hydrogen-bond donors (Lipinski definition) is 1. The molecule has 1 aliphatic heterocycles. The molecule has 1 atom stereocenters. The Morgan fingerprint density at radius 2 is 2.25 bits per heavy atom. The predicted molar refractivity (Wildman–Crippen MR) is 71.2 cm³/mol. The average Bonchev–Trinajstić information content (AvgIpc) is 2.82. The average molecular weight is 271 g/mol. The number of aromatic nitrogens is 1. The summed E-state index contributed by atoms with van der Waals surface area (Å²) in [5.74, 6) is 0.678. The van der Waals surface area contributed by atoms with Crippen LogP contribution in [0.4, 0.5) is 0 Å². The smallest absolute Gasteiger partial charge is 0.345 e. The number of carboxylic acid groups (broad SMARTS) is 1. The molecule has 0 bridgehead atoms. The number of pyridine rings is 1. The summed E-state index contributed by atoms with van der Waals surface area (Å²) in [6.45, 7) is 1.89. The van der Waals surface area contributed by atoms with Gasteiger partial charge in [-0.3, -0.25) is 0 Å². The molecule has 1 unspecified atom stereocenters.